The molecule has 2 fully saturated rings. The van der Waals surface area contributed by atoms with E-state index in [0.29, 0.717) is 30.9 Å². The van der Waals surface area contributed by atoms with E-state index in [4.69, 9.17) is 28.5 Å². The number of hydrogen-bond donors (Lipinski definition) is 2. The summed E-state index contributed by atoms with van der Waals surface area (Å²) in [5, 5.41) is 14.2. The van der Waals surface area contributed by atoms with Gasteiger partial charge in [-0.1, -0.05) is 48.6 Å². The molecule has 5 atom stereocenters. The zero-order valence-corrected chi connectivity index (χ0v) is 24.5. The van der Waals surface area contributed by atoms with Crippen LogP contribution in [0, 0.1) is 5.92 Å². The van der Waals surface area contributed by atoms with Gasteiger partial charge < -0.3 is 34.1 Å². The van der Waals surface area contributed by atoms with Gasteiger partial charge in [0, 0.05) is 6.07 Å². The molecule has 0 saturated carbocycles. The number of ether oxygens (including phenoxy) is 5. The second-order valence-electron chi connectivity index (χ2n) is 10.5. The molecule has 3 aliphatic heterocycles. The van der Waals surface area contributed by atoms with Crippen molar-refractivity contribution in [3.8, 4) is 11.5 Å². The molecule has 0 radical (unpaired) electrons. The first-order chi connectivity index (χ1) is 20.3. The van der Waals surface area contributed by atoms with Crippen molar-refractivity contribution in [2.24, 2.45) is 5.92 Å². The van der Waals surface area contributed by atoms with Crippen LogP contribution in [0.4, 0.5) is 4.79 Å². The number of fused-ring (bicyclic) bond motifs is 2. The Hall–Kier alpha value is -2.94. The van der Waals surface area contributed by atoms with Crippen molar-refractivity contribution in [3.63, 3.8) is 0 Å². The van der Waals surface area contributed by atoms with Gasteiger partial charge in [-0.2, -0.15) is 0 Å². The minimum Gasteiger partial charge on any atom is -0.454 e. The number of carbonyl (C=O) groups excluding carboxylic acids is 1. The van der Waals surface area contributed by atoms with E-state index in [9.17, 15) is 18.3 Å². The summed E-state index contributed by atoms with van der Waals surface area (Å²) in [4.78, 5) is 18.9. The Bertz CT molecular complexity index is 1310. The van der Waals surface area contributed by atoms with E-state index in [1.807, 2.05) is 44.2 Å². The monoisotopic (exact) mass is 606 g/mol. The van der Waals surface area contributed by atoms with Crippen molar-refractivity contribution >= 4 is 16.1 Å². The lowest BCUT2D eigenvalue weighted by Crippen LogP contribution is -2.51. The van der Waals surface area contributed by atoms with E-state index in [-0.39, 0.29) is 36.9 Å². The summed E-state index contributed by atoms with van der Waals surface area (Å²) in [6.07, 6.45) is -1.34. The predicted molar refractivity (Wildman–Crippen MR) is 149 cm³/mol. The van der Waals surface area contributed by atoms with Crippen molar-refractivity contribution in [1.29, 1.82) is 0 Å². The van der Waals surface area contributed by atoms with Gasteiger partial charge in [0.25, 0.3) is 10.0 Å². The number of rotatable bonds is 13. The fourth-order valence-corrected chi connectivity index (χ4v) is 6.57. The molecule has 230 valence electrons. The maximum atomic E-state index is 13.8. The Morgan fingerprint density at radius 3 is 2.62 bits per heavy atom. The zero-order valence-electron chi connectivity index (χ0n) is 23.7. The highest BCUT2D eigenvalue weighted by atomic mass is 32.2. The van der Waals surface area contributed by atoms with Crippen molar-refractivity contribution in [1.82, 2.24) is 9.79 Å². The van der Waals surface area contributed by atoms with Gasteiger partial charge in [0.05, 0.1) is 48.8 Å². The van der Waals surface area contributed by atoms with Crippen molar-refractivity contribution in [2.45, 2.75) is 75.1 Å². The number of sulfonamides is 1. The largest absolute Gasteiger partial charge is 0.454 e. The summed E-state index contributed by atoms with van der Waals surface area (Å²) >= 11 is 0. The first-order valence-corrected chi connectivity index (χ1v) is 15.7. The molecule has 0 aliphatic carbocycles. The maximum Gasteiger partial charge on any atom is 0.407 e. The number of nitrogens with one attached hydrogen (secondary N) is 1. The van der Waals surface area contributed by atoms with E-state index in [2.05, 4.69) is 5.32 Å². The molecule has 13 heteroatoms. The highest BCUT2D eigenvalue weighted by Gasteiger charge is 2.44. The van der Waals surface area contributed by atoms with Gasteiger partial charge in [-0.15, -0.1) is 0 Å². The lowest BCUT2D eigenvalue weighted by Gasteiger charge is -2.31. The SMILES string of the molecule is CCC(CC)ON(C[C@@H](O)[C@H](Cc1ccccc1)NC(=O)OC1COC2OCCC12)S(=O)(=O)c1ccc2c(c1)OCO2. The maximum absolute atomic E-state index is 13.8. The summed E-state index contributed by atoms with van der Waals surface area (Å²) in [6.45, 7) is 4.08. The van der Waals surface area contributed by atoms with E-state index in [0.717, 1.165) is 16.5 Å². The molecule has 3 unspecified atom stereocenters. The molecule has 2 N–H and O–H groups in total. The number of benzene rings is 2. The molecule has 0 bridgehead atoms. The fourth-order valence-electron chi connectivity index (χ4n) is 5.26. The van der Waals surface area contributed by atoms with Crippen LogP contribution in [0.15, 0.2) is 53.4 Å². The molecule has 2 aromatic rings. The van der Waals surface area contributed by atoms with Crippen LogP contribution in [0.2, 0.25) is 0 Å². The molecule has 3 aliphatic rings. The highest BCUT2D eigenvalue weighted by Crippen LogP contribution is 2.35. The van der Waals surface area contributed by atoms with Crippen LogP contribution in [0.1, 0.15) is 38.7 Å². The third-order valence-electron chi connectivity index (χ3n) is 7.73. The quantitative estimate of drug-likeness (QED) is 0.327. The van der Waals surface area contributed by atoms with Crippen LogP contribution < -0.4 is 14.8 Å². The normalized spacial score (nSPS) is 22.7. The molecule has 0 spiro atoms. The van der Waals surface area contributed by atoms with Gasteiger partial charge in [0.1, 0.15) is 6.10 Å². The molecular weight excluding hydrogens is 568 g/mol. The minimum absolute atomic E-state index is 0.00412. The Balaban J connectivity index is 1.35. The fraction of sp³-hybridized carbons (Fsp3) is 0.552. The van der Waals surface area contributed by atoms with E-state index >= 15 is 0 Å². The Morgan fingerprint density at radius 2 is 1.86 bits per heavy atom. The molecule has 5 rings (SSSR count). The molecule has 1 amide bonds. The number of nitrogens with zero attached hydrogens (tertiary/aromatic N) is 1. The van der Waals surface area contributed by atoms with Gasteiger partial charge in [0.2, 0.25) is 6.79 Å². The Morgan fingerprint density at radius 1 is 1.10 bits per heavy atom. The zero-order chi connectivity index (χ0) is 29.7. The summed E-state index contributed by atoms with van der Waals surface area (Å²) in [5.41, 5.74) is 0.835. The van der Waals surface area contributed by atoms with Crippen molar-refractivity contribution in [3.05, 3.63) is 54.1 Å². The van der Waals surface area contributed by atoms with Gasteiger partial charge in [0.15, 0.2) is 17.8 Å². The topological polar surface area (TPSA) is 142 Å². The smallest absolute Gasteiger partial charge is 0.407 e. The Labute approximate surface area is 245 Å². The lowest BCUT2D eigenvalue weighted by atomic mass is 10.0. The number of carbonyl (C=O) groups is 1. The Kier molecular flexibility index (Phi) is 9.86. The second kappa shape index (κ2) is 13.6. The summed E-state index contributed by atoms with van der Waals surface area (Å²) in [6, 6.07) is 12.7. The van der Waals surface area contributed by atoms with Crippen molar-refractivity contribution < 1.29 is 46.8 Å². The van der Waals surface area contributed by atoms with Crippen LogP contribution in [0.5, 0.6) is 11.5 Å². The first-order valence-electron chi connectivity index (χ1n) is 14.3. The van der Waals surface area contributed by atoms with E-state index in [1.54, 1.807) is 0 Å². The van der Waals surface area contributed by atoms with Gasteiger partial charge in [-0.3, -0.25) is 4.84 Å². The van der Waals surface area contributed by atoms with Gasteiger partial charge in [-0.25, -0.2) is 13.2 Å². The van der Waals surface area contributed by atoms with Crippen LogP contribution >= 0.6 is 0 Å². The summed E-state index contributed by atoms with van der Waals surface area (Å²) < 4.78 is 55.9. The van der Waals surface area contributed by atoms with Crippen LogP contribution in [0.3, 0.4) is 0 Å². The molecule has 12 nitrogen and oxygen atoms in total. The lowest BCUT2D eigenvalue weighted by molar-refractivity contribution is -0.149. The molecular formula is C29H38N2O10S. The third-order valence-corrected chi connectivity index (χ3v) is 9.35. The standard InChI is InChI=1S/C29H38N2O10S/c1-3-20(4-2)41-31(42(34,35)21-10-11-25-26(15-21)39-18-38-25)16-24(32)23(14-19-8-6-5-7-9-19)30-29(33)40-27-17-37-28-22(27)12-13-36-28/h5-11,15,20,22-24,27-28,32H,3-4,12-14,16-18H2,1-2H3,(H,30,33)/t22?,23-,24+,27?,28?/m0/s1. The molecule has 2 saturated heterocycles. The predicted octanol–water partition coefficient (Wildman–Crippen LogP) is 2.99. The summed E-state index contributed by atoms with van der Waals surface area (Å²) in [5.74, 6) is 0.690. The highest BCUT2D eigenvalue weighted by molar-refractivity contribution is 7.89. The average molecular weight is 607 g/mol. The average Bonchev–Trinajstić information content (AvgIpc) is 3.74. The van der Waals surface area contributed by atoms with Crippen LogP contribution in [-0.2, 0) is 35.5 Å². The number of hydroxylamine groups is 1. The second-order valence-corrected chi connectivity index (χ2v) is 12.4. The minimum atomic E-state index is -4.26. The van der Waals surface area contributed by atoms with Crippen LogP contribution in [-0.4, -0.2) is 81.3 Å². The van der Waals surface area contributed by atoms with E-state index in [1.165, 1.54) is 18.2 Å². The van der Waals surface area contributed by atoms with Crippen molar-refractivity contribution in [2.75, 3.05) is 26.6 Å². The molecule has 42 heavy (non-hydrogen) atoms. The third kappa shape index (κ3) is 6.99. The number of aliphatic hydroxyl groups excluding tert-OH is 1. The number of hydrogen-bond acceptors (Lipinski definition) is 10. The molecule has 3 heterocycles. The summed E-state index contributed by atoms with van der Waals surface area (Å²) in [7, 11) is -4.26. The van der Waals surface area contributed by atoms with E-state index < -0.39 is 47.0 Å². The number of aliphatic hydroxyl groups is 1. The number of alkyl carbamates (subject to hydrolysis) is 1. The molecule has 0 aromatic heterocycles. The first kappa shape index (κ1) is 30.5. The number of amides is 1. The van der Waals surface area contributed by atoms with Gasteiger partial charge in [-0.05, 0) is 43.4 Å². The molecule has 2 aromatic carbocycles. The van der Waals surface area contributed by atoms with Crippen LogP contribution in [0.25, 0.3) is 0 Å². The van der Waals surface area contributed by atoms with Gasteiger partial charge >= 0.3 is 6.09 Å².